The van der Waals surface area contributed by atoms with Crippen molar-refractivity contribution in [2.75, 3.05) is 0 Å². The molecule has 1 rings (SSSR count). The van der Waals surface area contributed by atoms with Gasteiger partial charge in [0.15, 0.2) is 0 Å². The van der Waals surface area contributed by atoms with Crippen LogP contribution in [0.5, 0.6) is 5.75 Å². The molecule has 0 amide bonds. The number of phenols is 1. The summed E-state index contributed by atoms with van der Waals surface area (Å²) >= 11 is 3.32. The standard InChI is InChI=1S/C10H12BrN3O/c1-5-6(2)10(15)9(11)7(3)8(5)4-13-14-12/h15H,4H2,1-3H3. The summed E-state index contributed by atoms with van der Waals surface area (Å²) in [7, 11) is 0. The van der Waals surface area contributed by atoms with Crippen LogP contribution in [0, 0.1) is 20.8 Å². The van der Waals surface area contributed by atoms with Crippen molar-refractivity contribution in [3.05, 3.63) is 37.2 Å². The van der Waals surface area contributed by atoms with Crippen LogP contribution in [-0.2, 0) is 6.54 Å². The van der Waals surface area contributed by atoms with E-state index in [4.69, 9.17) is 5.53 Å². The number of halogens is 1. The average molecular weight is 270 g/mol. The van der Waals surface area contributed by atoms with Crippen LogP contribution in [0.25, 0.3) is 10.4 Å². The van der Waals surface area contributed by atoms with E-state index in [9.17, 15) is 5.11 Å². The van der Waals surface area contributed by atoms with Gasteiger partial charge in [0.05, 0.1) is 11.0 Å². The minimum absolute atomic E-state index is 0.259. The van der Waals surface area contributed by atoms with Gasteiger partial charge in [-0.2, -0.15) is 0 Å². The van der Waals surface area contributed by atoms with Crippen LogP contribution in [-0.4, -0.2) is 5.11 Å². The Hall–Kier alpha value is -1.19. The molecule has 1 aromatic rings. The molecule has 0 saturated carbocycles. The molecule has 5 heteroatoms. The number of rotatable bonds is 2. The summed E-state index contributed by atoms with van der Waals surface area (Å²) in [6.07, 6.45) is 0. The maximum atomic E-state index is 9.77. The predicted octanol–water partition coefficient (Wildman–Crippen LogP) is 3.89. The molecule has 0 aliphatic heterocycles. The number of azide groups is 1. The molecule has 0 spiro atoms. The number of phenolic OH excluding ortho intramolecular Hbond substituents is 1. The maximum Gasteiger partial charge on any atom is 0.133 e. The SMILES string of the molecule is Cc1c(C)c(CN=[N+]=[N-])c(C)c(Br)c1O. The van der Waals surface area contributed by atoms with Gasteiger partial charge in [0, 0.05) is 4.91 Å². The second-order valence-electron chi connectivity index (χ2n) is 3.41. The molecule has 0 aliphatic rings. The summed E-state index contributed by atoms with van der Waals surface area (Å²) in [5.41, 5.74) is 12.0. The fourth-order valence-corrected chi connectivity index (χ4v) is 2.04. The zero-order valence-corrected chi connectivity index (χ0v) is 10.5. The molecule has 0 aromatic heterocycles. The van der Waals surface area contributed by atoms with Gasteiger partial charge in [0.2, 0.25) is 0 Å². The van der Waals surface area contributed by atoms with Crippen molar-refractivity contribution < 1.29 is 5.11 Å². The van der Waals surface area contributed by atoms with Crippen LogP contribution in [0.3, 0.4) is 0 Å². The number of nitrogens with zero attached hydrogens (tertiary/aromatic N) is 3. The van der Waals surface area contributed by atoms with E-state index < -0.39 is 0 Å². The molecule has 0 bridgehead atoms. The third kappa shape index (κ3) is 2.08. The number of hydrogen-bond acceptors (Lipinski definition) is 2. The minimum Gasteiger partial charge on any atom is -0.506 e. The van der Waals surface area contributed by atoms with E-state index in [1.807, 2.05) is 20.8 Å². The zero-order chi connectivity index (χ0) is 11.6. The quantitative estimate of drug-likeness (QED) is 0.494. The maximum absolute atomic E-state index is 9.77. The van der Waals surface area contributed by atoms with Crippen molar-refractivity contribution in [2.24, 2.45) is 5.11 Å². The summed E-state index contributed by atoms with van der Waals surface area (Å²) in [5, 5.41) is 13.3. The van der Waals surface area contributed by atoms with Gasteiger partial charge < -0.3 is 5.11 Å². The lowest BCUT2D eigenvalue weighted by atomic mass is 9.97. The first-order valence-electron chi connectivity index (χ1n) is 4.48. The first-order chi connectivity index (χ1) is 7.00. The lowest BCUT2D eigenvalue weighted by Crippen LogP contribution is -1.97. The van der Waals surface area contributed by atoms with Crippen molar-refractivity contribution in [2.45, 2.75) is 27.3 Å². The Balaban J connectivity index is 3.44. The molecule has 4 nitrogen and oxygen atoms in total. The Morgan fingerprint density at radius 3 is 2.40 bits per heavy atom. The first-order valence-corrected chi connectivity index (χ1v) is 5.28. The van der Waals surface area contributed by atoms with Gasteiger partial charge in [-0.25, -0.2) is 0 Å². The fourth-order valence-electron chi connectivity index (χ4n) is 1.50. The van der Waals surface area contributed by atoms with E-state index in [1.54, 1.807) is 0 Å². The van der Waals surface area contributed by atoms with Gasteiger partial charge in [-0.3, -0.25) is 0 Å². The van der Waals surface area contributed by atoms with Crippen molar-refractivity contribution in [3.63, 3.8) is 0 Å². The van der Waals surface area contributed by atoms with Gasteiger partial charge in [-0.15, -0.1) is 0 Å². The Labute approximate surface area is 96.7 Å². The summed E-state index contributed by atoms with van der Waals surface area (Å²) < 4.78 is 0.675. The van der Waals surface area contributed by atoms with Gasteiger partial charge in [-0.05, 0) is 64.5 Å². The van der Waals surface area contributed by atoms with E-state index in [1.165, 1.54) is 0 Å². The van der Waals surface area contributed by atoms with E-state index in [2.05, 4.69) is 26.0 Å². The first kappa shape index (κ1) is 11.9. The average Bonchev–Trinajstić information content (AvgIpc) is 2.24. The molecule has 0 unspecified atom stereocenters. The summed E-state index contributed by atoms with van der Waals surface area (Å²) in [5.74, 6) is 0.259. The molecule has 1 N–H and O–H groups in total. The Kier molecular flexibility index (Phi) is 3.61. The smallest absolute Gasteiger partial charge is 0.133 e. The summed E-state index contributed by atoms with van der Waals surface area (Å²) in [6, 6.07) is 0. The van der Waals surface area contributed by atoms with Gasteiger partial charge in [0.1, 0.15) is 5.75 Å². The Bertz CT molecular complexity index is 421. The predicted molar refractivity (Wildman–Crippen MR) is 62.9 cm³/mol. The van der Waals surface area contributed by atoms with Crippen molar-refractivity contribution in [1.82, 2.24) is 0 Å². The summed E-state index contributed by atoms with van der Waals surface area (Å²) in [6.45, 7) is 5.96. The minimum atomic E-state index is 0.259. The van der Waals surface area contributed by atoms with Crippen LogP contribution in [0.1, 0.15) is 22.3 Å². The molecule has 0 fully saturated rings. The molecule has 0 aliphatic carbocycles. The molecule has 0 saturated heterocycles. The highest BCUT2D eigenvalue weighted by atomic mass is 79.9. The second kappa shape index (κ2) is 4.55. The molecule has 80 valence electrons. The van der Waals surface area contributed by atoms with Crippen LogP contribution in [0.4, 0.5) is 0 Å². The van der Waals surface area contributed by atoms with E-state index >= 15 is 0 Å². The third-order valence-corrected chi connectivity index (χ3v) is 3.62. The molecule has 15 heavy (non-hydrogen) atoms. The highest BCUT2D eigenvalue weighted by molar-refractivity contribution is 9.10. The Morgan fingerprint density at radius 1 is 1.27 bits per heavy atom. The van der Waals surface area contributed by atoms with Gasteiger partial charge in [-0.1, -0.05) is 5.11 Å². The Morgan fingerprint density at radius 2 is 1.87 bits per heavy atom. The van der Waals surface area contributed by atoms with Crippen LogP contribution < -0.4 is 0 Å². The topological polar surface area (TPSA) is 69.0 Å². The van der Waals surface area contributed by atoms with Crippen molar-refractivity contribution >= 4 is 15.9 Å². The number of hydrogen-bond donors (Lipinski definition) is 1. The van der Waals surface area contributed by atoms with Gasteiger partial charge in [0.25, 0.3) is 0 Å². The van der Waals surface area contributed by atoms with Crippen molar-refractivity contribution in [1.29, 1.82) is 0 Å². The molecular formula is C10H12BrN3O. The fraction of sp³-hybridized carbons (Fsp3) is 0.400. The zero-order valence-electron chi connectivity index (χ0n) is 8.87. The second-order valence-corrected chi connectivity index (χ2v) is 4.20. The molecular weight excluding hydrogens is 258 g/mol. The van der Waals surface area contributed by atoms with E-state index in [0.717, 1.165) is 22.3 Å². The van der Waals surface area contributed by atoms with E-state index in [0.29, 0.717) is 11.0 Å². The largest absolute Gasteiger partial charge is 0.506 e. The molecule has 0 heterocycles. The van der Waals surface area contributed by atoms with Crippen LogP contribution >= 0.6 is 15.9 Å². The highest BCUT2D eigenvalue weighted by Crippen LogP contribution is 2.36. The van der Waals surface area contributed by atoms with Crippen molar-refractivity contribution in [3.8, 4) is 5.75 Å². The number of benzene rings is 1. The van der Waals surface area contributed by atoms with E-state index in [-0.39, 0.29) is 5.75 Å². The monoisotopic (exact) mass is 269 g/mol. The van der Waals surface area contributed by atoms with Gasteiger partial charge >= 0.3 is 0 Å². The molecule has 1 aromatic carbocycles. The summed E-state index contributed by atoms with van der Waals surface area (Å²) in [4.78, 5) is 2.74. The number of aromatic hydroxyl groups is 1. The van der Waals surface area contributed by atoms with Crippen LogP contribution in [0.15, 0.2) is 9.59 Å². The molecule has 0 atom stereocenters. The normalized spacial score (nSPS) is 9.87. The third-order valence-electron chi connectivity index (χ3n) is 2.65. The lowest BCUT2D eigenvalue weighted by molar-refractivity contribution is 0.466. The van der Waals surface area contributed by atoms with Crippen LogP contribution in [0.2, 0.25) is 0 Å². The highest BCUT2D eigenvalue weighted by Gasteiger charge is 2.13. The molecule has 0 radical (unpaired) electrons. The lowest BCUT2D eigenvalue weighted by Gasteiger charge is -2.14.